The summed E-state index contributed by atoms with van der Waals surface area (Å²) in [6, 6.07) is 0.323. The Morgan fingerprint density at radius 3 is 2.84 bits per heavy atom. The van der Waals surface area contributed by atoms with Gasteiger partial charge in [0.1, 0.15) is 0 Å². The van der Waals surface area contributed by atoms with Crippen LogP contribution in [-0.2, 0) is 17.7 Å². The molecular weight excluding hydrogens is 246 g/mol. The van der Waals surface area contributed by atoms with Crippen LogP contribution >= 0.6 is 0 Å². The van der Waals surface area contributed by atoms with Crippen LogP contribution in [0.4, 0.5) is 0 Å². The number of rotatable bonds is 4. The molecule has 19 heavy (non-hydrogen) atoms. The van der Waals surface area contributed by atoms with E-state index in [1.807, 2.05) is 6.92 Å². The van der Waals surface area contributed by atoms with Crippen molar-refractivity contribution in [2.75, 3.05) is 13.2 Å². The average molecular weight is 267 g/mol. The van der Waals surface area contributed by atoms with Crippen LogP contribution in [0.15, 0.2) is 4.52 Å². The monoisotopic (exact) mass is 267 g/mol. The third kappa shape index (κ3) is 2.28. The molecule has 2 fully saturated rings. The SMILES string of the molecule is CCc1noc(CN[C@@H]2C[C@@H](O)C23CCOCC3)n1. The second-order valence-electron chi connectivity index (χ2n) is 5.49. The van der Waals surface area contributed by atoms with E-state index in [9.17, 15) is 5.11 Å². The highest BCUT2D eigenvalue weighted by Gasteiger charge is 2.54. The Morgan fingerprint density at radius 1 is 1.42 bits per heavy atom. The molecule has 0 radical (unpaired) electrons. The maximum absolute atomic E-state index is 10.1. The van der Waals surface area contributed by atoms with Crippen molar-refractivity contribution < 1.29 is 14.4 Å². The molecule has 6 heteroatoms. The molecule has 2 N–H and O–H groups in total. The largest absolute Gasteiger partial charge is 0.392 e. The van der Waals surface area contributed by atoms with E-state index in [1.165, 1.54) is 0 Å². The summed E-state index contributed by atoms with van der Waals surface area (Å²) in [7, 11) is 0. The van der Waals surface area contributed by atoms with Crippen molar-refractivity contribution in [3.63, 3.8) is 0 Å². The molecule has 1 aliphatic heterocycles. The predicted molar refractivity (Wildman–Crippen MR) is 67.4 cm³/mol. The van der Waals surface area contributed by atoms with Gasteiger partial charge in [-0.25, -0.2) is 0 Å². The first-order valence-corrected chi connectivity index (χ1v) is 7.05. The zero-order valence-corrected chi connectivity index (χ0v) is 11.3. The van der Waals surface area contributed by atoms with E-state index < -0.39 is 0 Å². The van der Waals surface area contributed by atoms with Crippen molar-refractivity contribution >= 4 is 0 Å². The lowest BCUT2D eigenvalue weighted by Crippen LogP contribution is -2.64. The lowest BCUT2D eigenvalue weighted by molar-refractivity contribution is -0.149. The van der Waals surface area contributed by atoms with Crippen LogP contribution in [0.1, 0.15) is 37.9 Å². The molecule has 0 amide bonds. The van der Waals surface area contributed by atoms with Gasteiger partial charge in [-0.05, 0) is 19.3 Å². The van der Waals surface area contributed by atoms with Crippen molar-refractivity contribution in [2.45, 2.75) is 51.3 Å². The lowest BCUT2D eigenvalue weighted by atomic mass is 9.58. The quantitative estimate of drug-likeness (QED) is 0.834. The molecule has 106 valence electrons. The lowest BCUT2D eigenvalue weighted by Gasteiger charge is -2.55. The number of hydrogen-bond acceptors (Lipinski definition) is 6. The number of aliphatic hydroxyl groups excluding tert-OH is 1. The van der Waals surface area contributed by atoms with Crippen molar-refractivity contribution in [2.24, 2.45) is 5.41 Å². The third-order valence-corrected chi connectivity index (χ3v) is 4.57. The van der Waals surface area contributed by atoms with Crippen molar-refractivity contribution in [1.82, 2.24) is 15.5 Å². The Morgan fingerprint density at radius 2 is 2.21 bits per heavy atom. The Hall–Kier alpha value is -0.980. The smallest absolute Gasteiger partial charge is 0.240 e. The molecule has 1 aromatic heterocycles. The van der Waals surface area contributed by atoms with Crippen LogP contribution in [0.2, 0.25) is 0 Å². The van der Waals surface area contributed by atoms with Crippen molar-refractivity contribution in [1.29, 1.82) is 0 Å². The topological polar surface area (TPSA) is 80.4 Å². The van der Waals surface area contributed by atoms with Crippen LogP contribution in [-0.4, -0.2) is 40.6 Å². The van der Waals surface area contributed by atoms with Gasteiger partial charge in [0.25, 0.3) is 0 Å². The molecule has 1 spiro atoms. The van der Waals surface area contributed by atoms with E-state index in [2.05, 4.69) is 15.5 Å². The fourth-order valence-electron chi connectivity index (χ4n) is 3.20. The number of hydrogen-bond donors (Lipinski definition) is 2. The first-order chi connectivity index (χ1) is 9.24. The minimum atomic E-state index is -0.206. The highest BCUT2D eigenvalue weighted by molar-refractivity contribution is 5.08. The summed E-state index contributed by atoms with van der Waals surface area (Å²) in [5.41, 5.74) is -0.00808. The van der Waals surface area contributed by atoms with Crippen molar-refractivity contribution in [3.8, 4) is 0 Å². The van der Waals surface area contributed by atoms with E-state index >= 15 is 0 Å². The molecule has 0 bridgehead atoms. The standard InChI is InChI=1S/C13H21N3O3/c1-2-11-15-12(19-16-11)8-14-9-7-10(17)13(9)3-5-18-6-4-13/h9-10,14,17H,2-8H2,1H3/t9-,10-/m1/s1. The summed E-state index contributed by atoms with van der Waals surface area (Å²) < 4.78 is 10.6. The van der Waals surface area contributed by atoms with Crippen LogP contribution in [0, 0.1) is 5.41 Å². The summed E-state index contributed by atoms with van der Waals surface area (Å²) >= 11 is 0. The molecule has 1 aromatic rings. The molecule has 1 aliphatic carbocycles. The molecule has 2 atom stereocenters. The number of nitrogens with one attached hydrogen (secondary N) is 1. The van der Waals surface area contributed by atoms with Crippen LogP contribution in [0.25, 0.3) is 0 Å². The predicted octanol–water partition coefficient (Wildman–Crippen LogP) is 0.652. The highest BCUT2D eigenvalue weighted by Crippen LogP contribution is 2.48. The van der Waals surface area contributed by atoms with E-state index in [0.29, 0.717) is 18.5 Å². The Balaban J connectivity index is 1.58. The summed E-state index contributed by atoms with van der Waals surface area (Å²) in [5.74, 6) is 1.37. The van der Waals surface area contributed by atoms with Gasteiger partial charge in [0, 0.05) is 31.1 Å². The van der Waals surface area contributed by atoms with E-state index in [-0.39, 0.29) is 11.5 Å². The Bertz CT molecular complexity index is 429. The zero-order valence-electron chi connectivity index (χ0n) is 11.3. The van der Waals surface area contributed by atoms with Crippen LogP contribution in [0.3, 0.4) is 0 Å². The third-order valence-electron chi connectivity index (χ3n) is 4.57. The molecule has 0 unspecified atom stereocenters. The van der Waals surface area contributed by atoms with Crippen molar-refractivity contribution in [3.05, 3.63) is 11.7 Å². The summed E-state index contributed by atoms with van der Waals surface area (Å²) in [5, 5.41) is 17.4. The molecular formula is C13H21N3O3. The summed E-state index contributed by atoms with van der Waals surface area (Å²) in [4.78, 5) is 4.28. The Kier molecular flexibility index (Phi) is 3.56. The first kappa shape index (κ1) is 13.0. The van der Waals surface area contributed by atoms with Gasteiger partial charge >= 0.3 is 0 Å². The molecule has 2 aliphatic rings. The number of aliphatic hydroxyl groups is 1. The maximum Gasteiger partial charge on any atom is 0.240 e. The fourth-order valence-corrected chi connectivity index (χ4v) is 3.20. The first-order valence-electron chi connectivity index (χ1n) is 7.05. The maximum atomic E-state index is 10.1. The van der Waals surface area contributed by atoms with Gasteiger partial charge in [0.05, 0.1) is 12.6 Å². The fraction of sp³-hybridized carbons (Fsp3) is 0.846. The number of aromatic nitrogens is 2. The van der Waals surface area contributed by atoms with Crippen LogP contribution in [0.5, 0.6) is 0 Å². The molecule has 1 saturated carbocycles. The van der Waals surface area contributed by atoms with E-state index in [0.717, 1.165) is 44.7 Å². The minimum absolute atomic E-state index is 0.00808. The van der Waals surface area contributed by atoms with Gasteiger partial charge in [-0.15, -0.1) is 0 Å². The van der Waals surface area contributed by atoms with Crippen LogP contribution < -0.4 is 5.32 Å². The minimum Gasteiger partial charge on any atom is -0.392 e. The zero-order chi connectivity index (χ0) is 13.3. The average Bonchev–Trinajstić information content (AvgIpc) is 2.92. The van der Waals surface area contributed by atoms with Gasteiger partial charge in [-0.1, -0.05) is 12.1 Å². The summed E-state index contributed by atoms with van der Waals surface area (Å²) in [6.07, 6.45) is 3.23. The van der Waals surface area contributed by atoms with E-state index in [4.69, 9.17) is 9.26 Å². The molecule has 0 aromatic carbocycles. The van der Waals surface area contributed by atoms with Gasteiger partial charge in [0.2, 0.25) is 5.89 Å². The van der Waals surface area contributed by atoms with Gasteiger partial charge in [-0.3, -0.25) is 0 Å². The summed E-state index contributed by atoms with van der Waals surface area (Å²) in [6.45, 7) is 4.07. The number of aryl methyl sites for hydroxylation is 1. The Labute approximate surface area is 112 Å². The molecule has 3 rings (SSSR count). The van der Waals surface area contributed by atoms with E-state index in [1.54, 1.807) is 0 Å². The number of ether oxygens (including phenoxy) is 1. The molecule has 6 nitrogen and oxygen atoms in total. The van der Waals surface area contributed by atoms with Gasteiger partial charge in [-0.2, -0.15) is 4.98 Å². The second-order valence-corrected chi connectivity index (χ2v) is 5.49. The molecule has 1 saturated heterocycles. The molecule has 2 heterocycles. The normalized spacial score (nSPS) is 29.4. The van der Waals surface area contributed by atoms with Gasteiger partial charge < -0.3 is 19.7 Å². The number of nitrogens with zero attached hydrogens (tertiary/aromatic N) is 2. The highest BCUT2D eigenvalue weighted by atomic mass is 16.5. The van der Waals surface area contributed by atoms with Gasteiger partial charge in [0.15, 0.2) is 5.82 Å². The second kappa shape index (κ2) is 5.19.